The number of benzene rings is 1. The van der Waals surface area contributed by atoms with Crippen LogP contribution in [0, 0.1) is 10.1 Å². The fourth-order valence-electron chi connectivity index (χ4n) is 2.61. The first-order chi connectivity index (χ1) is 9.39. The van der Waals surface area contributed by atoms with Crippen LogP contribution in [-0.2, 0) is 11.3 Å². The van der Waals surface area contributed by atoms with Gasteiger partial charge in [0.15, 0.2) is 0 Å². The Morgan fingerprint density at radius 1 is 1.45 bits per heavy atom. The Morgan fingerprint density at radius 2 is 2.10 bits per heavy atom. The van der Waals surface area contributed by atoms with Crippen LogP contribution in [0.5, 0.6) is 0 Å². The molecule has 2 rings (SSSR count). The van der Waals surface area contributed by atoms with Gasteiger partial charge in [0.2, 0.25) is 0 Å². The molecule has 0 saturated carbocycles. The van der Waals surface area contributed by atoms with E-state index in [-0.39, 0.29) is 24.0 Å². The second-order valence-corrected chi connectivity index (χ2v) is 5.78. The SMILES string of the molecule is CC1(C)CN(Cc2ccc([N+](=O)[O-])cc2)CC(CO)O1. The number of nitro benzene ring substituents is 1. The van der Waals surface area contributed by atoms with Crippen molar-refractivity contribution in [1.82, 2.24) is 4.90 Å². The zero-order valence-electron chi connectivity index (χ0n) is 11.8. The molecule has 1 aliphatic rings. The number of hydrogen-bond donors (Lipinski definition) is 1. The number of aliphatic hydroxyl groups excluding tert-OH is 1. The topological polar surface area (TPSA) is 75.8 Å². The molecule has 20 heavy (non-hydrogen) atoms. The van der Waals surface area contributed by atoms with E-state index >= 15 is 0 Å². The maximum atomic E-state index is 10.6. The third-order valence-electron chi connectivity index (χ3n) is 3.31. The fraction of sp³-hybridized carbons (Fsp3) is 0.571. The first-order valence-electron chi connectivity index (χ1n) is 6.64. The molecule has 1 aliphatic heterocycles. The Hall–Kier alpha value is -1.50. The van der Waals surface area contributed by atoms with Crippen molar-refractivity contribution in [3.63, 3.8) is 0 Å². The van der Waals surface area contributed by atoms with E-state index in [1.54, 1.807) is 12.1 Å². The number of morpholine rings is 1. The van der Waals surface area contributed by atoms with E-state index in [1.165, 1.54) is 12.1 Å². The predicted molar refractivity (Wildman–Crippen MR) is 74.4 cm³/mol. The summed E-state index contributed by atoms with van der Waals surface area (Å²) in [6.07, 6.45) is -0.184. The van der Waals surface area contributed by atoms with Crippen molar-refractivity contribution in [2.75, 3.05) is 19.7 Å². The maximum absolute atomic E-state index is 10.6. The van der Waals surface area contributed by atoms with Crippen LogP contribution in [0.3, 0.4) is 0 Å². The Kier molecular flexibility index (Phi) is 4.37. The minimum atomic E-state index is -0.399. The number of non-ortho nitro benzene ring substituents is 1. The van der Waals surface area contributed by atoms with Crippen LogP contribution >= 0.6 is 0 Å². The van der Waals surface area contributed by atoms with E-state index in [0.717, 1.165) is 12.1 Å². The fourth-order valence-corrected chi connectivity index (χ4v) is 2.61. The molecule has 1 aromatic rings. The van der Waals surface area contributed by atoms with Crippen molar-refractivity contribution in [3.05, 3.63) is 39.9 Å². The Bertz CT molecular complexity index is 473. The van der Waals surface area contributed by atoms with Crippen molar-refractivity contribution in [2.45, 2.75) is 32.1 Å². The van der Waals surface area contributed by atoms with Gasteiger partial charge in [-0.2, -0.15) is 0 Å². The number of rotatable bonds is 4. The third kappa shape index (κ3) is 3.75. The molecule has 0 spiro atoms. The molecular weight excluding hydrogens is 260 g/mol. The van der Waals surface area contributed by atoms with E-state index in [9.17, 15) is 15.2 Å². The van der Waals surface area contributed by atoms with Crippen molar-refractivity contribution in [3.8, 4) is 0 Å². The number of aliphatic hydroxyl groups is 1. The molecule has 0 aromatic heterocycles. The van der Waals surface area contributed by atoms with Gasteiger partial charge in [0.05, 0.1) is 23.2 Å². The van der Waals surface area contributed by atoms with Crippen LogP contribution in [0.1, 0.15) is 19.4 Å². The van der Waals surface area contributed by atoms with Crippen LogP contribution in [-0.4, -0.2) is 46.3 Å². The molecule has 1 heterocycles. The largest absolute Gasteiger partial charge is 0.394 e. The maximum Gasteiger partial charge on any atom is 0.269 e. The van der Waals surface area contributed by atoms with Gasteiger partial charge in [-0.05, 0) is 19.4 Å². The molecule has 1 N–H and O–H groups in total. The quantitative estimate of drug-likeness (QED) is 0.669. The molecule has 0 radical (unpaired) electrons. The van der Waals surface area contributed by atoms with E-state index in [0.29, 0.717) is 13.1 Å². The van der Waals surface area contributed by atoms with Crippen LogP contribution in [0.15, 0.2) is 24.3 Å². The van der Waals surface area contributed by atoms with Gasteiger partial charge >= 0.3 is 0 Å². The van der Waals surface area contributed by atoms with E-state index in [4.69, 9.17) is 4.74 Å². The van der Waals surface area contributed by atoms with Crippen molar-refractivity contribution in [2.24, 2.45) is 0 Å². The minimum absolute atomic E-state index is 0.000190. The summed E-state index contributed by atoms with van der Waals surface area (Å²) >= 11 is 0. The van der Waals surface area contributed by atoms with Gasteiger partial charge < -0.3 is 9.84 Å². The highest BCUT2D eigenvalue weighted by molar-refractivity contribution is 5.32. The first-order valence-corrected chi connectivity index (χ1v) is 6.64. The number of hydrogen-bond acceptors (Lipinski definition) is 5. The highest BCUT2D eigenvalue weighted by atomic mass is 16.6. The summed E-state index contributed by atoms with van der Waals surface area (Å²) in [4.78, 5) is 12.4. The van der Waals surface area contributed by atoms with Gasteiger partial charge in [-0.1, -0.05) is 12.1 Å². The highest BCUT2D eigenvalue weighted by Crippen LogP contribution is 2.23. The second-order valence-electron chi connectivity index (χ2n) is 5.78. The average molecular weight is 280 g/mol. The summed E-state index contributed by atoms with van der Waals surface area (Å²) in [5.74, 6) is 0. The Morgan fingerprint density at radius 3 is 2.65 bits per heavy atom. The smallest absolute Gasteiger partial charge is 0.269 e. The lowest BCUT2D eigenvalue weighted by atomic mass is 10.0. The molecule has 0 bridgehead atoms. The van der Waals surface area contributed by atoms with Crippen LogP contribution < -0.4 is 0 Å². The van der Waals surface area contributed by atoms with E-state index < -0.39 is 4.92 Å². The molecule has 1 fully saturated rings. The lowest BCUT2D eigenvalue weighted by molar-refractivity contribution is -0.384. The predicted octanol–water partition coefficient (Wildman–Crippen LogP) is 1.57. The summed E-state index contributed by atoms with van der Waals surface area (Å²) in [7, 11) is 0. The second kappa shape index (κ2) is 5.87. The van der Waals surface area contributed by atoms with E-state index in [2.05, 4.69) is 4.90 Å². The van der Waals surface area contributed by atoms with Gasteiger partial charge in [0, 0.05) is 31.8 Å². The van der Waals surface area contributed by atoms with Gasteiger partial charge in [0.1, 0.15) is 0 Å². The molecule has 1 unspecified atom stereocenters. The molecule has 1 aromatic carbocycles. The molecule has 1 saturated heterocycles. The zero-order chi connectivity index (χ0) is 14.8. The summed E-state index contributed by atoms with van der Waals surface area (Å²) in [5, 5.41) is 19.9. The van der Waals surface area contributed by atoms with Crippen molar-refractivity contribution < 1.29 is 14.8 Å². The summed E-state index contributed by atoms with van der Waals surface area (Å²) < 4.78 is 5.76. The Labute approximate surface area is 118 Å². The molecule has 0 aliphatic carbocycles. The van der Waals surface area contributed by atoms with Gasteiger partial charge in [0.25, 0.3) is 5.69 Å². The molecule has 1 atom stereocenters. The average Bonchev–Trinajstić information content (AvgIpc) is 2.37. The molecule has 0 amide bonds. The summed E-state index contributed by atoms with van der Waals surface area (Å²) in [6, 6.07) is 6.58. The molecule has 6 heteroatoms. The number of nitrogens with zero attached hydrogens (tertiary/aromatic N) is 2. The van der Waals surface area contributed by atoms with Gasteiger partial charge in [-0.25, -0.2) is 0 Å². The zero-order valence-corrected chi connectivity index (χ0v) is 11.8. The summed E-state index contributed by atoms with van der Waals surface area (Å²) in [6.45, 7) is 6.12. The van der Waals surface area contributed by atoms with Crippen molar-refractivity contribution in [1.29, 1.82) is 0 Å². The normalized spacial score (nSPS) is 22.6. The third-order valence-corrected chi connectivity index (χ3v) is 3.31. The molecule has 110 valence electrons. The van der Waals surface area contributed by atoms with Crippen LogP contribution in [0.2, 0.25) is 0 Å². The summed E-state index contributed by atoms with van der Waals surface area (Å²) in [5.41, 5.74) is 0.821. The number of ether oxygens (including phenoxy) is 1. The van der Waals surface area contributed by atoms with E-state index in [1.807, 2.05) is 13.8 Å². The van der Waals surface area contributed by atoms with Gasteiger partial charge in [-0.3, -0.25) is 15.0 Å². The number of nitro groups is 1. The van der Waals surface area contributed by atoms with Crippen molar-refractivity contribution >= 4 is 5.69 Å². The van der Waals surface area contributed by atoms with Crippen LogP contribution in [0.4, 0.5) is 5.69 Å². The standard InChI is InChI=1S/C14H20N2O4/c1-14(2)10-15(8-13(9-17)20-14)7-11-3-5-12(6-4-11)16(18)19/h3-6,13,17H,7-10H2,1-2H3. The first kappa shape index (κ1) is 14.9. The lowest BCUT2D eigenvalue weighted by Gasteiger charge is -2.42. The molecule has 6 nitrogen and oxygen atoms in total. The lowest BCUT2D eigenvalue weighted by Crippen LogP contribution is -2.53. The minimum Gasteiger partial charge on any atom is -0.394 e. The van der Waals surface area contributed by atoms with Gasteiger partial charge in [-0.15, -0.1) is 0 Å². The highest BCUT2D eigenvalue weighted by Gasteiger charge is 2.32. The van der Waals surface area contributed by atoms with Crippen LogP contribution in [0.25, 0.3) is 0 Å². The Balaban J connectivity index is 2.03. The molecular formula is C14H20N2O4. The monoisotopic (exact) mass is 280 g/mol.